The van der Waals surface area contributed by atoms with Gasteiger partial charge in [-0.15, -0.1) is 0 Å². The molecular weight excluding hydrogens is 306 g/mol. The van der Waals surface area contributed by atoms with E-state index in [1.807, 2.05) is 0 Å². The van der Waals surface area contributed by atoms with Crippen LogP contribution in [-0.4, -0.2) is 23.9 Å². The Bertz CT molecular complexity index is 736. The number of hydrogen-bond donors (Lipinski definition) is 0. The molecule has 1 heterocycles. The van der Waals surface area contributed by atoms with Crippen molar-refractivity contribution in [3.8, 4) is 0 Å². The van der Waals surface area contributed by atoms with E-state index in [9.17, 15) is 14.4 Å². The number of allylic oxidation sites excluding steroid dienone is 2. The van der Waals surface area contributed by atoms with Crippen molar-refractivity contribution in [2.24, 2.45) is 23.7 Å². The van der Waals surface area contributed by atoms with Crippen LogP contribution in [0.25, 0.3) is 0 Å². The molecule has 1 aromatic carbocycles. The van der Waals surface area contributed by atoms with Gasteiger partial charge >= 0.3 is 5.97 Å². The van der Waals surface area contributed by atoms with E-state index in [0.717, 1.165) is 6.42 Å². The molecule has 2 aliphatic carbocycles. The van der Waals surface area contributed by atoms with E-state index < -0.39 is 5.97 Å². The lowest BCUT2D eigenvalue weighted by atomic mass is 9.85. The molecule has 124 valence electrons. The zero-order chi connectivity index (χ0) is 17.0. The highest BCUT2D eigenvalue weighted by atomic mass is 16.5. The normalized spacial score (nSPS) is 30.4. The van der Waals surface area contributed by atoms with Gasteiger partial charge in [0.25, 0.3) is 0 Å². The molecule has 5 heteroatoms. The average Bonchev–Trinajstić information content (AvgIpc) is 3.21. The van der Waals surface area contributed by atoms with Crippen LogP contribution in [0.15, 0.2) is 36.4 Å². The summed E-state index contributed by atoms with van der Waals surface area (Å²) in [5, 5.41) is 0. The zero-order valence-electron chi connectivity index (χ0n) is 13.6. The molecule has 1 aromatic rings. The standard InChI is InChI=1S/C19H19NO4/c1-10(2)24-19(23)13-4-3-5-14(9-13)20-17(21)15-11-6-7-12(8-11)16(15)18(20)22/h3-7,9-12,15-16H,8H2,1-2H3/t11-,12-,15-,16+/m0/s1. The first-order valence-corrected chi connectivity index (χ1v) is 8.34. The highest BCUT2D eigenvalue weighted by Gasteiger charge is 2.59. The molecule has 1 saturated heterocycles. The monoisotopic (exact) mass is 325 g/mol. The number of imide groups is 1. The Balaban J connectivity index is 1.64. The lowest BCUT2D eigenvalue weighted by molar-refractivity contribution is -0.123. The molecule has 2 bridgehead atoms. The van der Waals surface area contributed by atoms with Gasteiger partial charge in [-0.1, -0.05) is 18.2 Å². The van der Waals surface area contributed by atoms with Crippen molar-refractivity contribution in [3.05, 3.63) is 42.0 Å². The largest absolute Gasteiger partial charge is 0.459 e. The number of hydrogen-bond acceptors (Lipinski definition) is 4. The van der Waals surface area contributed by atoms with E-state index in [0.29, 0.717) is 11.3 Å². The van der Waals surface area contributed by atoms with Gasteiger partial charge in [0.2, 0.25) is 11.8 Å². The highest BCUT2D eigenvalue weighted by molar-refractivity contribution is 6.23. The number of fused-ring (bicyclic) bond motifs is 5. The van der Waals surface area contributed by atoms with Crippen LogP contribution in [0.3, 0.4) is 0 Å². The molecule has 24 heavy (non-hydrogen) atoms. The van der Waals surface area contributed by atoms with Crippen molar-refractivity contribution in [3.63, 3.8) is 0 Å². The lowest BCUT2D eigenvalue weighted by Crippen LogP contribution is -2.33. The van der Waals surface area contributed by atoms with E-state index >= 15 is 0 Å². The third-order valence-corrected chi connectivity index (χ3v) is 5.15. The van der Waals surface area contributed by atoms with Crippen LogP contribution in [0.5, 0.6) is 0 Å². The van der Waals surface area contributed by atoms with Crippen LogP contribution in [0.2, 0.25) is 0 Å². The topological polar surface area (TPSA) is 63.7 Å². The number of carbonyl (C=O) groups is 3. The number of amides is 2. The molecule has 2 fully saturated rings. The molecule has 0 aromatic heterocycles. The zero-order valence-corrected chi connectivity index (χ0v) is 13.6. The van der Waals surface area contributed by atoms with Gasteiger partial charge in [-0.2, -0.15) is 0 Å². The molecule has 0 unspecified atom stereocenters. The number of nitrogens with zero attached hydrogens (tertiary/aromatic N) is 1. The van der Waals surface area contributed by atoms with Gasteiger partial charge in [-0.05, 0) is 50.3 Å². The molecule has 4 rings (SSSR count). The molecule has 3 aliphatic rings. The van der Waals surface area contributed by atoms with E-state index in [4.69, 9.17) is 4.74 Å². The van der Waals surface area contributed by atoms with Crippen LogP contribution in [0.1, 0.15) is 30.6 Å². The fourth-order valence-electron chi connectivity index (χ4n) is 4.21. The minimum Gasteiger partial charge on any atom is -0.459 e. The summed E-state index contributed by atoms with van der Waals surface area (Å²) in [5.41, 5.74) is 0.803. The maximum Gasteiger partial charge on any atom is 0.338 e. The summed E-state index contributed by atoms with van der Waals surface area (Å²) in [7, 11) is 0. The van der Waals surface area contributed by atoms with Crippen LogP contribution in [0.4, 0.5) is 5.69 Å². The molecular formula is C19H19NO4. The summed E-state index contributed by atoms with van der Waals surface area (Å²) in [5.74, 6) is -0.857. The maximum absolute atomic E-state index is 12.8. The van der Waals surface area contributed by atoms with Crippen molar-refractivity contribution in [1.82, 2.24) is 0 Å². The van der Waals surface area contributed by atoms with Crippen molar-refractivity contribution >= 4 is 23.5 Å². The summed E-state index contributed by atoms with van der Waals surface area (Å²) in [6.07, 6.45) is 4.81. The average molecular weight is 325 g/mol. The Hall–Kier alpha value is -2.43. The summed E-state index contributed by atoms with van der Waals surface area (Å²) < 4.78 is 5.19. The fraction of sp³-hybridized carbons (Fsp3) is 0.421. The van der Waals surface area contributed by atoms with Gasteiger partial charge in [0.1, 0.15) is 0 Å². The molecule has 0 spiro atoms. The quantitative estimate of drug-likeness (QED) is 0.487. The summed E-state index contributed by atoms with van der Waals surface area (Å²) in [6, 6.07) is 6.56. The van der Waals surface area contributed by atoms with E-state index in [-0.39, 0.29) is 41.6 Å². The first kappa shape index (κ1) is 15.1. The lowest BCUT2D eigenvalue weighted by Gasteiger charge is -2.18. The maximum atomic E-state index is 12.8. The van der Waals surface area contributed by atoms with Gasteiger partial charge in [0, 0.05) is 0 Å². The van der Waals surface area contributed by atoms with Crippen molar-refractivity contribution < 1.29 is 19.1 Å². The second-order valence-electron chi connectivity index (χ2n) is 7.02. The Morgan fingerprint density at radius 2 is 1.75 bits per heavy atom. The number of anilines is 1. The smallest absolute Gasteiger partial charge is 0.338 e. The van der Waals surface area contributed by atoms with Gasteiger partial charge in [-0.25, -0.2) is 9.69 Å². The molecule has 0 N–H and O–H groups in total. The van der Waals surface area contributed by atoms with Crippen molar-refractivity contribution in [2.45, 2.75) is 26.4 Å². The third-order valence-electron chi connectivity index (χ3n) is 5.15. The number of esters is 1. The Kier molecular flexibility index (Phi) is 3.34. The SMILES string of the molecule is CC(C)OC(=O)c1cccc(N2C(=O)[C@@H]3[C@H](C2=O)[C@H]2C=C[C@H]3C2)c1. The minimum atomic E-state index is -0.451. The Morgan fingerprint density at radius 1 is 1.12 bits per heavy atom. The van der Waals surface area contributed by atoms with Crippen LogP contribution in [0, 0.1) is 23.7 Å². The van der Waals surface area contributed by atoms with Gasteiger partial charge in [0.15, 0.2) is 0 Å². The summed E-state index contributed by atoms with van der Waals surface area (Å²) in [6.45, 7) is 3.55. The number of ether oxygens (including phenoxy) is 1. The predicted molar refractivity (Wildman–Crippen MR) is 87.2 cm³/mol. The van der Waals surface area contributed by atoms with Crippen LogP contribution >= 0.6 is 0 Å². The second kappa shape index (κ2) is 5.30. The predicted octanol–water partition coefficient (Wildman–Crippen LogP) is 2.56. The van der Waals surface area contributed by atoms with Gasteiger partial charge < -0.3 is 4.74 Å². The third kappa shape index (κ3) is 2.11. The summed E-state index contributed by atoms with van der Waals surface area (Å²) in [4.78, 5) is 38.9. The van der Waals surface area contributed by atoms with Crippen molar-refractivity contribution in [1.29, 1.82) is 0 Å². The molecule has 5 nitrogen and oxygen atoms in total. The van der Waals surface area contributed by atoms with Crippen LogP contribution < -0.4 is 4.90 Å². The van der Waals surface area contributed by atoms with Gasteiger partial charge in [0.05, 0.1) is 29.2 Å². The Labute approximate surface area is 140 Å². The van der Waals surface area contributed by atoms with Crippen LogP contribution in [-0.2, 0) is 14.3 Å². The molecule has 1 saturated carbocycles. The van der Waals surface area contributed by atoms with Gasteiger partial charge in [-0.3, -0.25) is 9.59 Å². The molecule has 0 radical (unpaired) electrons. The fourth-order valence-corrected chi connectivity index (χ4v) is 4.21. The van der Waals surface area contributed by atoms with E-state index in [1.54, 1.807) is 38.1 Å². The highest BCUT2D eigenvalue weighted by Crippen LogP contribution is 2.53. The summed E-state index contributed by atoms with van der Waals surface area (Å²) >= 11 is 0. The first-order valence-electron chi connectivity index (χ1n) is 8.34. The number of carbonyl (C=O) groups excluding carboxylic acids is 3. The minimum absolute atomic E-state index is 0.142. The number of benzene rings is 1. The molecule has 1 aliphatic heterocycles. The first-order chi connectivity index (χ1) is 11.5. The Morgan fingerprint density at radius 3 is 2.33 bits per heavy atom. The van der Waals surface area contributed by atoms with E-state index in [2.05, 4.69) is 12.2 Å². The van der Waals surface area contributed by atoms with E-state index in [1.165, 1.54) is 4.90 Å². The molecule has 4 atom stereocenters. The second-order valence-corrected chi connectivity index (χ2v) is 7.02. The number of rotatable bonds is 3. The molecule has 2 amide bonds. The van der Waals surface area contributed by atoms with Crippen molar-refractivity contribution in [2.75, 3.05) is 4.90 Å².